The third-order valence-electron chi connectivity index (χ3n) is 4.97. The molecule has 0 fully saturated rings. The first-order valence-corrected chi connectivity index (χ1v) is 9.71. The van der Waals surface area contributed by atoms with Gasteiger partial charge in [0.1, 0.15) is 0 Å². The molecule has 2 unspecified atom stereocenters. The van der Waals surface area contributed by atoms with Crippen LogP contribution in [-0.4, -0.2) is 31.4 Å². The number of nitrogens with one attached hydrogen (secondary N) is 2. The average Bonchev–Trinajstić information content (AvgIpc) is 2.48. The van der Waals surface area contributed by atoms with Gasteiger partial charge in [0.05, 0.1) is 0 Å². The van der Waals surface area contributed by atoms with E-state index in [1.165, 1.54) is 32.1 Å². The van der Waals surface area contributed by atoms with Crippen LogP contribution in [0.15, 0.2) is 0 Å². The van der Waals surface area contributed by atoms with E-state index in [4.69, 9.17) is 12.6 Å². The van der Waals surface area contributed by atoms with E-state index >= 15 is 0 Å². The summed E-state index contributed by atoms with van der Waals surface area (Å²) in [4.78, 5) is 0. The van der Waals surface area contributed by atoms with Gasteiger partial charge in [-0.3, -0.25) is 0 Å². The number of hydrogen-bond donors (Lipinski definition) is 3. The van der Waals surface area contributed by atoms with Crippen molar-refractivity contribution in [2.75, 3.05) is 26.2 Å². The molecule has 0 spiro atoms. The number of rotatable bonds is 14. The molecular formula is C18H40N2S. The molecule has 0 aliphatic heterocycles. The Morgan fingerprint density at radius 3 is 1.71 bits per heavy atom. The summed E-state index contributed by atoms with van der Waals surface area (Å²) in [5.41, 5.74) is 0. The van der Waals surface area contributed by atoms with E-state index < -0.39 is 0 Å². The van der Waals surface area contributed by atoms with Crippen molar-refractivity contribution in [2.24, 2.45) is 17.8 Å². The summed E-state index contributed by atoms with van der Waals surface area (Å²) in [7, 11) is 0. The molecule has 0 bridgehead atoms. The predicted octanol–water partition coefficient (Wildman–Crippen LogP) is 4.36. The molecule has 0 rings (SSSR count). The molecule has 0 aliphatic rings. The maximum Gasteiger partial charge on any atom is 0.0170 e. The molecule has 0 amide bonds. The smallest absolute Gasteiger partial charge is 0.0170 e. The van der Waals surface area contributed by atoms with Gasteiger partial charge in [-0.25, -0.2) is 0 Å². The van der Waals surface area contributed by atoms with Crippen LogP contribution in [0, 0.1) is 17.8 Å². The lowest BCUT2D eigenvalue weighted by molar-refractivity contribution is 0.322. The summed E-state index contributed by atoms with van der Waals surface area (Å²) in [5.74, 6) is 2.42. The van der Waals surface area contributed by atoms with Gasteiger partial charge in [-0.05, 0) is 43.8 Å². The summed E-state index contributed by atoms with van der Waals surface area (Å²) in [5, 5.41) is 7.66. The predicted molar refractivity (Wildman–Crippen MR) is 100 cm³/mol. The fourth-order valence-electron chi connectivity index (χ4n) is 3.18. The fraction of sp³-hybridized carbons (Fsp3) is 1.00. The van der Waals surface area contributed by atoms with Crippen LogP contribution in [-0.2, 0) is 0 Å². The van der Waals surface area contributed by atoms with Crippen LogP contribution < -0.4 is 10.6 Å². The first-order valence-electron chi connectivity index (χ1n) is 9.19. The van der Waals surface area contributed by atoms with E-state index in [0.717, 1.165) is 43.9 Å². The molecule has 3 heteroatoms. The number of hydrogen-bond acceptors (Lipinski definition) is 3. The van der Waals surface area contributed by atoms with E-state index in [-0.39, 0.29) is 0 Å². The largest absolute Gasteiger partial charge is 0.316 e. The fourth-order valence-corrected chi connectivity index (χ4v) is 3.73. The zero-order chi connectivity index (χ0) is 16.1. The standard InChI is InChI=1S/C18H40N2S/c1-6-16(7-2)15(5)13-19-11-10-12-20-14-18(21)17(8-3)9-4/h15-21H,6-14H2,1-5H3. The van der Waals surface area contributed by atoms with Crippen LogP contribution in [0.2, 0.25) is 0 Å². The molecule has 0 aromatic carbocycles. The maximum atomic E-state index is 4.72. The van der Waals surface area contributed by atoms with E-state index in [2.05, 4.69) is 45.3 Å². The molecule has 128 valence electrons. The van der Waals surface area contributed by atoms with Crippen molar-refractivity contribution in [3.63, 3.8) is 0 Å². The summed E-state index contributed by atoms with van der Waals surface area (Å²) in [6.07, 6.45) is 6.29. The zero-order valence-electron chi connectivity index (χ0n) is 15.1. The van der Waals surface area contributed by atoms with Gasteiger partial charge in [0, 0.05) is 11.8 Å². The minimum Gasteiger partial charge on any atom is -0.316 e. The SMILES string of the molecule is CCC(CC)C(C)CNCCCNCC(S)C(CC)CC. The quantitative estimate of drug-likeness (QED) is 0.327. The Bertz CT molecular complexity index is 193. The van der Waals surface area contributed by atoms with Crippen molar-refractivity contribution in [3.05, 3.63) is 0 Å². The number of thiol groups is 1. The summed E-state index contributed by atoms with van der Waals surface area (Å²) >= 11 is 4.72. The molecule has 2 atom stereocenters. The average molecular weight is 317 g/mol. The molecular weight excluding hydrogens is 276 g/mol. The van der Waals surface area contributed by atoms with Gasteiger partial charge in [-0.1, -0.05) is 60.3 Å². The molecule has 0 aromatic rings. The normalized spacial score (nSPS) is 14.9. The molecule has 0 saturated heterocycles. The van der Waals surface area contributed by atoms with E-state index in [9.17, 15) is 0 Å². The first-order chi connectivity index (χ1) is 10.1. The van der Waals surface area contributed by atoms with Gasteiger partial charge in [0.15, 0.2) is 0 Å². The van der Waals surface area contributed by atoms with Crippen molar-refractivity contribution in [1.29, 1.82) is 0 Å². The van der Waals surface area contributed by atoms with Crippen molar-refractivity contribution in [3.8, 4) is 0 Å². The Hall–Kier alpha value is 0.270. The molecule has 2 nitrogen and oxygen atoms in total. The zero-order valence-corrected chi connectivity index (χ0v) is 16.0. The summed E-state index contributed by atoms with van der Waals surface area (Å²) in [6, 6.07) is 0. The van der Waals surface area contributed by atoms with Crippen molar-refractivity contribution < 1.29 is 0 Å². The lowest BCUT2D eigenvalue weighted by atomic mass is 9.89. The lowest BCUT2D eigenvalue weighted by Gasteiger charge is -2.22. The van der Waals surface area contributed by atoms with Gasteiger partial charge in [-0.15, -0.1) is 0 Å². The Balaban J connectivity index is 3.52. The Morgan fingerprint density at radius 2 is 1.24 bits per heavy atom. The third kappa shape index (κ3) is 9.80. The van der Waals surface area contributed by atoms with Crippen molar-refractivity contribution in [2.45, 2.75) is 72.0 Å². The Morgan fingerprint density at radius 1 is 0.762 bits per heavy atom. The van der Waals surface area contributed by atoms with E-state index in [1.54, 1.807) is 0 Å². The van der Waals surface area contributed by atoms with Gasteiger partial charge < -0.3 is 10.6 Å². The highest BCUT2D eigenvalue weighted by molar-refractivity contribution is 7.81. The highest BCUT2D eigenvalue weighted by Crippen LogP contribution is 2.18. The summed E-state index contributed by atoms with van der Waals surface area (Å²) < 4.78 is 0. The molecule has 0 radical (unpaired) electrons. The van der Waals surface area contributed by atoms with Crippen LogP contribution in [0.1, 0.15) is 66.7 Å². The van der Waals surface area contributed by atoms with Crippen LogP contribution in [0.3, 0.4) is 0 Å². The van der Waals surface area contributed by atoms with E-state index in [1.807, 2.05) is 0 Å². The van der Waals surface area contributed by atoms with Gasteiger partial charge in [-0.2, -0.15) is 12.6 Å². The maximum absolute atomic E-state index is 4.72. The topological polar surface area (TPSA) is 24.1 Å². The Kier molecular flexibility index (Phi) is 14.1. The minimum absolute atomic E-state index is 0.503. The highest BCUT2D eigenvalue weighted by Gasteiger charge is 2.14. The second-order valence-electron chi connectivity index (χ2n) is 6.46. The minimum atomic E-state index is 0.503. The van der Waals surface area contributed by atoms with Crippen LogP contribution >= 0.6 is 12.6 Å². The molecule has 0 heterocycles. The molecule has 2 N–H and O–H groups in total. The highest BCUT2D eigenvalue weighted by atomic mass is 32.1. The monoisotopic (exact) mass is 316 g/mol. The van der Waals surface area contributed by atoms with Crippen molar-refractivity contribution >= 4 is 12.6 Å². The second-order valence-corrected chi connectivity index (χ2v) is 7.12. The second kappa shape index (κ2) is 13.9. The molecule has 0 aromatic heterocycles. The van der Waals surface area contributed by atoms with Crippen LogP contribution in [0.5, 0.6) is 0 Å². The van der Waals surface area contributed by atoms with Gasteiger partial charge in [0.25, 0.3) is 0 Å². The molecule has 0 saturated carbocycles. The molecule has 0 aliphatic carbocycles. The molecule has 21 heavy (non-hydrogen) atoms. The van der Waals surface area contributed by atoms with Gasteiger partial charge >= 0.3 is 0 Å². The lowest BCUT2D eigenvalue weighted by Crippen LogP contribution is -2.32. The van der Waals surface area contributed by atoms with Gasteiger partial charge in [0.2, 0.25) is 0 Å². The Labute approximate surface area is 139 Å². The van der Waals surface area contributed by atoms with Crippen LogP contribution in [0.4, 0.5) is 0 Å². The first kappa shape index (κ1) is 21.3. The van der Waals surface area contributed by atoms with E-state index in [0.29, 0.717) is 5.25 Å². The van der Waals surface area contributed by atoms with Crippen LogP contribution in [0.25, 0.3) is 0 Å². The third-order valence-corrected chi connectivity index (χ3v) is 5.58. The van der Waals surface area contributed by atoms with Crippen molar-refractivity contribution in [1.82, 2.24) is 10.6 Å². The summed E-state index contributed by atoms with van der Waals surface area (Å²) in [6.45, 7) is 16.0.